The lowest BCUT2D eigenvalue weighted by Crippen LogP contribution is -2.49. The zero-order chi connectivity index (χ0) is 19.5. The molecule has 2 aliphatic heterocycles. The molecule has 1 aromatic heterocycles. The Bertz CT molecular complexity index is 825. The minimum atomic E-state index is 0.00155. The zero-order valence-electron chi connectivity index (χ0n) is 16.7. The largest absolute Gasteiger partial charge is 0.368 e. The minimum Gasteiger partial charge on any atom is -0.368 e. The van der Waals surface area contributed by atoms with Crippen LogP contribution in [0.2, 0.25) is 0 Å². The van der Waals surface area contributed by atoms with E-state index in [1.165, 1.54) is 17.6 Å². The van der Waals surface area contributed by atoms with Gasteiger partial charge in [0.05, 0.1) is 0 Å². The Hall–Kier alpha value is -2.67. The van der Waals surface area contributed by atoms with Gasteiger partial charge in [0.25, 0.3) is 5.91 Å². The molecule has 0 saturated carbocycles. The van der Waals surface area contributed by atoms with Gasteiger partial charge in [-0.1, -0.05) is 12.1 Å². The van der Waals surface area contributed by atoms with E-state index in [1.807, 2.05) is 11.0 Å². The summed E-state index contributed by atoms with van der Waals surface area (Å²) in [6.45, 7) is 9.07. The predicted octanol–water partition coefficient (Wildman–Crippen LogP) is 1.50. The summed E-state index contributed by atoms with van der Waals surface area (Å²) in [6, 6.07) is 10.4. The van der Waals surface area contributed by atoms with Gasteiger partial charge >= 0.3 is 0 Å². The second-order valence-electron chi connectivity index (χ2n) is 7.67. The molecule has 148 valence electrons. The van der Waals surface area contributed by atoms with Crippen LogP contribution in [0, 0.1) is 6.92 Å². The van der Waals surface area contributed by atoms with Crippen LogP contribution in [0.25, 0.3) is 0 Å². The molecule has 2 fully saturated rings. The molecule has 0 aliphatic carbocycles. The first-order valence-corrected chi connectivity index (χ1v) is 9.96. The fraction of sp³-hybridized carbons (Fsp3) is 0.476. The lowest BCUT2D eigenvalue weighted by Gasteiger charge is -2.36. The number of anilines is 2. The van der Waals surface area contributed by atoms with Gasteiger partial charge < -0.3 is 19.6 Å². The van der Waals surface area contributed by atoms with Gasteiger partial charge in [0, 0.05) is 64.1 Å². The van der Waals surface area contributed by atoms with E-state index in [9.17, 15) is 4.79 Å². The molecule has 0 spiro atoms. The molecule has 0 unspecified atom stereocenters. The molecule has 3 heterocycles. The van der Waals surface area contributed by atoms with E-state index in [0.717, 1.165) is 45.1 Å². The Morgan fingerprint density at radius 2 is 1.61 bits per heavy atom. The Morgan fingerprint density at radius 1 is 0.893 bits per heavy atom. The summed E-state index contributed by atoms with van der Waals surface area (Å²) in [6.07, 6.45) is 1.52. The highest BCUT2D eigenvalue weighted by atomic mass is 16.2. The van der Waals surface area contributed by atoms with Crippen LogP contribution in [0.3, 0.4) is 0 Å². The molecular formula is C21H28N6O. The van der Waals surface area contributed by atoms with Crippen LogP contribution in [0.5, 0.6) is 0 Å². The summed E-state index contributed by atoms with van der Waals surface area (Å²) in [5.74, 6) is 0.853. The quantitative estimate of drug-likeness (QED) is 0.804. The summed E-state index contributed by atoms with van der Waals surface area (Å²) in [4.78, 5) is 30.4. The van der Waals surface area contributed by atoms with Gasteiger partial charge in [-0.05, 0) is 31.7 Å². The maximum atomic E-state index is 13.0. The molecule has 2 aromatic rings. The lowest BCUT2D eigenvalue weighted by molar-refractivity contribution is 0.0740. The molecule has 0 N–H and O–H groups in total. The van der Waals surface area contributed by atoms with Crippen LogP contribution in [0.1, 0.15) is 16.1 Å². The molecule has 1 aromatic carbocycles. The number of hydrogen-bond donors (Lipinski definition) is 0. The topological polar surface area (TPSA) is 55.8 Å². The van der Waals surface area contributed by atoms with Crippen molar-refractivity contribution in [3.8, 4) is 0 Å². The van der Waals surface area contributed by atoms with Crippen molar-refractivity contribution in [1.29, 1.82) is 0 Å². The van der Waals surface area contributed by atoms with Crippen molar-refractivity contribution in [3.05, 3.63) is 47.9 Å². The zero-order valence-corrected chi connectivity index (χ0v) is 16.7. The van der Waals surface area contributed by atoms with Gasteiger partial charge in [0.1, 0.15) is 17.8 Å². The van der Waals surface area contributed by atoms with E-state index in [-0.39, 0.29) is 5.91 Å². The second kappa shape index (κ2) is 8.14. The lowest BCUT2D eigenvalue weighted by atomic mass is 10.2. The van der Waals surface area contributed by atoms with E-state index in [0.29, 0.717) is 18.8 Å². The molecule has 0 atom stereocenters. The molecule has 0 radical (unpaired) electrons. The Balaban J connectivity index is 1.39. The number of carbonyl (C=O) groups is 1. The number of amides is 1. The standard InChI is InChI=1S/C21H28N6O/c1-17-4-3-5-18(14-17)25-10-12-27(13-11-25)21(28)19-15-20(23-16-22-19)26-8-6-24(2)7-9-26/h3-5,14-16H,6-13H2,1-2H3. The van der Waals surface area contributed by atoms with Gasteiger partial charge in [0.15, 0.2) is 0 Å². The van der Waals surface area contributed by atoms with E-state index in [4.69, 9.17) is 0 Å². The first-order valence-electron chi connectivity index (χ1n) is 9.96. The van der Waals surface area contributed by atoms with Gasteiger partial charge in [-0.25, -0.2) is 9.97 Å². The summed E-state index contributed by atoms with van der Waals surface area (Å²) in [7, 11) is 2.13. The number of hydrogen-bond acceptors (Lipinski definition) is 6. The van der Waals surface area contributed by atoms with Gasteiger partial charge in [0.2, 0.25) is 0 Å². The third-order valence-corrected chi connectivity index (χ3v) is 5.63. The van der Waals surface area contributed by atoms with Crippen LogP contribution < -0.4 is 9.80 Å². The molecular weight excluding hydrogens is 352 g/mol. The highest BCUT2D eigenvalue weighted by Gasteiger charge is 2.24. The normalized spacial score (nSPS) is 18.4. The highest BCUT2D eigenvalue weighted by Crippen LogP contribution is 2.19. The number of aryl methyl sites for hydroxylation is 1. The van der Waals surface area contributed by atoms with Crippen LogP contribution in [-0.2, 0) is 0 Å². The smallest absolute Gasteiger partial charge is 0.272 e. The maximum Gasteiger partial charge on any atom is 0.272 e. The van der Waals surface area contributed by atoms with Crippen molar-refractivity contribution in [2.75, 3.05) is 69.2 Å². The molecule has 2 aliphatic rings. The number of piperazine rings is 2. The summed E-state index contributed by atoms with van der Waals surface area (Å²) < 4.78 is 0. The van der Waals surface area contributed by atoms with Crippen molar-refractivity contribution >= 4 is 17.4 Å². The first kappa shape index (κ1) is 18.7. The summed E-state index contributed by atoms with van der Waals surface area (Å²) in [5, 5.41) is 0. The van der Waals surface area contributed by atoms with Crippen LogP contribution in [-0.4, -0.2) is 85.1 Å². The number of nitrogens with zero attached hydrogens (tertiary/aromatic N) is 6. The van der Waals surface area contributed by atoms with E-state index >= 15 is 0 Å². The average molecular weight is 380 g/mol. The maximum absolute atomic E-state index is 13.0. The van der Waals surface area contributed by atoms with Crippen LogP contribution >= 0.6 is 0 Å². The van der Waals surface area contributed by atoms with E-state index < -0.39 is 0 Å². The molecule has 1 amide bonds. The molecule has 7 heteroatoms. The van der Waals surface area contributed by atoms with Crippen molar-refractivity contribution in [2.24, 2.45) is 0 Å². The third kappa shape index (κ3) is 4.09. The molecule has 0 bridgehead atoms. The van der Waals surface area contributed by atoms with Crippen molar-refractivity contribution in [1.82, 2.24) is 19.8 Å². The van der Waals surface area contributed by atoms with Crippen molar-refractivity contribution < 1.29 is 4.79 Å². The number of likely N-dealkylation sites (N-methyl/N-ethyl adjacent to an activating group) is 1. The van der Waals surface area contributed by atoms with E-state index in [2.05, 4.69) is 62.9 Å². The monoisotopic (exact) mass is 380 g/mol. The fourth-order valence-corrected chi connectivity index (χ4v) is 3.83. The summed E-state index contributed by atoms with van der Waals surface area (Å²) >= 11 is 0. The Kier molecular flexibility index (Phi) is 5.43. The summed E-state index contributed by atoms with van der Waals surface area (Å²) in [5.41, 5.74) is 2.98. The molecule has 4 rings (SSSR count). The Morgan fingerprint density at radius 3 is 2.32 bits per heavy atom. The minimum absolute atomic E-state index is 0.00155. The first-order chi connectivity index (χ1) is 13.6. The number of rotatable bonds is 3. The van der Waals surface area contributed by atoms with Crippen molar-refractivity contribution in [2.45, 2.75) is 6.92 Å². The predicted molar refractivity (Wildman–Crippen MR) is 111 cm³/mol. The van der Waals surface area contributed by atoms with Gasteiger partial charge in [-0.3, -0.25) is 4.79 Å². The third-order valence-electron chi connectivity index (χ3n) is 5.63. The SMILES string of the molecule is Cc1cccc(N2CCN(C(=O)c3cc(N4CCN(C)CC4)ncn3)CC2)c1. The molecule has 28 heavy (non-hydrogen) atoms. The van der Waals surface area contributed by atoms with Crippen LogP contribution in [0.15, 0.2) is 36.7 Å². The number of benzene rings is 1. The number of aromatic nitrogens is 2. The Labute approximate surface area is 166 Å². The van der Waals surface area contributed by atoms with E-state index in [1.54, 1.807) is 0 Å². The van der Waals surface area contributed by atoms with Gasteiger partial charge in [-0.2, -0.15) is 0 Å². The van der Waals surface area contributed by atoms with Crippen molar-refractivity contribution in [3.63, 3.8) is 0 Å². The van der Waals surface area contributed by atoms with Crippen LogP contribution in [0.4, 0.5) is 11.5 Å². The highest BCUT2D eigenvalue weighted by molar-refractivity contribution is 5.93. The van der Waals surface area contributed by atoms with Gasteiger partial charge in [-0.15, -0.1) is 0 Å². The number of carbonyl (C=O) groups excluding carboxylic acids is 1. The molecule has 2 saturated heterocycles. The second-order valence-corrected chi connectivity index (χ2v) is 7.67. The average Bonchev–Trinajstić information content (AvgIpc) is 2.74. The fourth-order valence-electron chi connectivity index (χ4n) is 3.83. The molecule has 7 nitrogen and oxygen atoms in total.